The molecule has 1 aliphatic carbocycles. The largest absolute Gasteiger partial charge is 0.497 e. The molecule has 0 unspecified atom stereocenters. The number of furan rings is 1. The van der Waals surface area contributed by atoms with Gasteiger partial charge < -0.3 is 14.5 Å². The Bertz CT molecular complexity index is 1000. The van der Waals surface area contributed by atoms with Crippen LogP contribution in [0.2, 0.25) is 0 Å². The van der Waals surface area contributed by atoms with Crippen LogP contribution in [0, 0.1) is 5.92 Å². The average Bonchev–Trinajstić information content (AvgIpc) is 3.38. The van der Waals surface area contributed by atoms with Gasteiger partial charge in [0, 0.05) is 18.0 Å². The summed E-state index contributed by atoms with van der Waals surface area (Å²) in [7, 11) is 1.63. The number of allylic oxidation sites excluding steroid dienone is 2. The maximum Gasteiger partial charge on any atom is 0.226 e. The van der Waals surface area contributed by atoms with E-state index in [0.717, 1.165) is 22.8 Å². The Labute approximate surface area is 155 Å². The number of carbonyl (C=O) groups is 1. The van der Waals surface area contributed by atoms with Gasteiger partial charge in [-0.15, -0.1) is 0 Å². The molecule has 0 saturated heterocycles. The fraction of sp³-hybridized carbons (Fsp3) is 0.250. The molecule has 27 heavy (non-hydrogen) atoms. The number of methoxy groups -OCH3 is 1. The first kappa shape index (κ1) is 15.9. The van der Waals surface area contributed by atoms with Gasteiger partial charge in [0.15, 0.2) is 0 Å². The van der Waals surface area contributed by atoms with Crippen LogP contribution in [0.15, 0.2) is 65.2 Å². The number of fused-ring (bicyclic) bond motifs is 2. The van der Waals surface area contributed by atoms with Gasteiger partial charge in [0.1, 0.15) is 23.6 Å². The van der Waals surface area contributed by atoms with Crippen molar-refractivity contribution < 1.29 is 13.9 Å². The lowest BCUT2D eigenvalue weighted by Crippen LogP contribution is -2.40. The zero-order chi connectivity index (χ0) is 18.4. The molecule has 0 fully saturated rings. The summed E-state index contributed by atoms with van der Waals surface area (Å²) in [6.07, 6.45) is 5.63. The topological polar surface area (TPSA) is 82.2 Å². The van der Waals surface area contributed by atoms with E-state index in [0.29, 0.717) is 12.4 Å². The van der Waals surface area contributed by atoms with E-state index in [1.165, 1.54) is 6.33 Å². The summed E-state index contributed by atoms with van der Waals surface area (Å²) in [6.45, 7) is 0. The number of ketones is 1. The number of nitrogens with zero attached hydrogens (tertiary/aromatic N) is 3. The fourth-order valence-corrected chi connectivity index (χ4v) is 4.00. The van der Waals surface area contributed by atoms with Crippen molar-refractivity contribution in [2.45, 2.75) is 18.4 Å². The molecule has 0 saturated carbocycles. The number of Topliss-reactive ketones (excluding diaryl/α,β-unsaturated/α-hetero) is 1. The monoisotopic (exact) mass is 362 g/mol. The Balaban J connectivity index is 1.60. The first-order valence-corrected chi connectivity index (χ1v) is 8.83. The minimum absolute atomic E-state index is 0.0720. The molecule has 0 bridgehead atoms. The highest BCUT2D eigenvalue weighted by molar-refractivity contribution is 5.88. The lowest BCUT2D eigenvalue weighted by Gasteiger charge is -2.37. The average molecular weight is 362 g/mol. The number of ether oxygens (including phenoxy) is 1. The van der Waals surface area contributed by atoms with Crippen LogP contribution in [0.1, 0.15) is 29.7 Å². The van der Waals surface area contributed by atoms with Crippen molar-refractivity contribution in [1.82, 2.24) is 14.8 Å². The molecule has 0 amide bonds. The highest BCUT2D eigenvalue weighted by atomic mass is 16.5. The first-order chi connectivity index (χ1) is 13.2. The second-order valence-corrected chi connectivity index (χ2v) is 6.76. The second-order valence-electron chi connectivity index (χ2n) is 6.76. The lowest BCUT2D eigenvalue weighted by atomic mass is 9.77. The summed E-state index contributed by atoms with van der Waals surface area (Å²) in [5.41, 5.74) is 1.85. The molecule has 3 aromatic rings. The minimum atomic E-state index is -0.334. The fourth-order valence-electron chi connectivity index (χ4n) is 4.00. The number of benzene rings is 1. The van der Waals surface area contributed by atoms with Gasteiger partial charge in [0.2, 0.25) is 5.95 Å². The quantitative estimate of drug-likeness (QED) is 0.771. The molecular weight excluding hydrogens is 344 g/mol. The van der Waals surface area contributed by atoms with Gasteiger partial charge in [-0.25, -0.2) is 4.68 Å². The maximum atomic E-state index is 13.2. The van der Waals surface area contributed by atoms with E-state index >= 15 is 0 Å². The molecule has 0 spiro atoms. The van der Waals surface area contributed by atoms with Gasteiger partial charge >= 0.3 is 0 Å². The summed E-state index contributed by atoms with van der Waals surface area (Å²) in [4.78, 5) is 17.5. The molecule has 0 radical (unpaired) electrons. The predicted molar refractivity (Wildman–Crippen MR) is 97.4 cm³/mol. The molecule has 5 rings (SSSR count). The zero-order valence-electron chi connectivity index (χ0n) is 14.7. The third-order valence-electron chi connectivity index (χ3n) is 5.26. The summed E-state index contributed by atoms with van der Waals surface area (Å²) in [5.74, 6) is 1.95. The van der Waals surface area contributed by atoms with E-state index in [4.69, 9.17) is 9.15 Å². The zero-order valence-corrected chi connectivity index (χ0v) is 14.7. The smallest absolute Gasteiger partial charge is 0.226 e. The molecule has 7 nitrogen and oxygen atoms in total. The van der Waals surface area contributed by atoms with Crippen molar-refractivity contribution in [2.24, 2.45) is 5.92 Å². The van der Waals surface area contributed by atoms with Crippen molar-refractivity contribution in [1.29, 1.82) is 0 Å². The standard InChI is InChI=1S/C20H18N4O3/c1-26-14-6-4-12(5-7-14)19-18-15(23-20-21-11-22-24(19)20)9-13(10-16(18)25)17-3-2-8-27-17/h2-9,11,13,18-19H,10H2,1H3,(H,21,22,23)/t13-,18-,19-/m0/s1. The summed E-state index contributed by atoms with van der Waals surface area (Å²) < 4.78 is 12.6. The second kappa shape index (κ2) is 6.12. The van der Waals surface area contributed by atoms with Gasteiger partial charge in [-0.05, 0) is 29.8 Å². The van der Waals surface area contributed by atoms with E-state index in [-0.39, 0.29) is 23.7 Å². The van der Waals surface area contributed by atoms with Crippen LogP contribution in [0.5, 0.6) is 5.75 Å². The minimum Gasteiger partial charge on any atom is -0.497 e. The van der Waals surface area contributed by atoms with Crippen molar-refractivity contribution in [3.05, 3.63) is 72.1 Å². The molecule has 1 N–H and O–H groups in total. The Morgan fingerprint density at radius 3 is 2.85 bits per heavy atom. The van der Waals surface area contributed by atoms with E-state index in [9.17, 15) is 4.79 Å². The number of rotatable bonds is 3. The Morgan fingerprint density at radius 1 is 1.26 bits per heavy atom. The van der Waals surface area contributed by atoms with Gasteiger partial charge in [-0.3, -0.25) is 4.79 Å². The Morgan fingerprint density at radius 2 is 2.11 bits per heavy atom. The van der Waals surface area contributed by atoms with E-state index in [2.05, 4.69) is 21.5 Å². The van der Waals surface area contributed by atoms with Crippen LogP contribution < -0.4 is 10.1 Å². The summed E-state index contributed by atoms with van der Waals surface area (Å²) in [5, 5.41) is 7.65. The summed E-state index contributed by atoms with van der Waals surface area (Å²) in [6, 6.07) is 11.3. The van der Waals surface area contributed by atoms with Gasteiger partial charge in [0.05, 0.1) is 25.3 Å². The number of hydrogen-bond acceptors (Lipinski definition) is 6. The van der Waals surface area contributed by atoms with E-state index in [1.807, 2.05) is 36.4 Å². The van der Waals surface area contributed by atoms with Crippen molar-refractivity contribution in [3.8, 4) is 5.75 Å². The molecule has 136 valence electrons. The van der Waals surface area contributed by atoms with E-state index < -0.39 is 0 Å². The molecule has 1 aromatic carbocycles. The maximum absolute atomic E-state index is 13.2. The highest BCUT2D eigenvalue weighted by Crippen LogP contribution is 2.44. The molecule has 7 heteroatoms. The molecule has 3 heterocycles. The first-order valence-electron chi connectivity index (χ1n) is 8.83. The molecule has 2 aromatic heterocycles. The number of anilines is 1. The SMILES string of the molecule is COc1ccc([C@H]2[C@@H]3C(=O)C[C@@H](c4ccco4)C=C3Nc3ncnn32)cc1. The van der Waals surface area contributed by atoms with Crippen LogP contribution in [-0.4, -0.2) is 27.7 Å². The van der Waals surface area contributed by atoms with Crippen LogP contribution in [0.4, 0.5) is 5.95 Å². The number of carbonyl (C=O) groups excluding carboxylic acids is 1. The van der Waals surface area contributed by atoms with Crippen molar-refractivity contribution in [3.63, 3.8) is 0 Å². The normalized spacial score (nSPS) is 23.8. The molecule has 2 aliphatic rings. The van der Waals surface area contributed by atoms with E-state index in [1.54, 1.807) is 18.1 Å². The lowest BCUT2D eigenvalue weighted by molar-refractivity contribution is -0.123. The third kappa shape index (κ3) is 2.54. The molecular formula is C20H18N4O3. The molecule has 3 atom stereocenters. The molecule has 1 aliphatic heterocycles. The highest BCUT2D eigenvalue weighted by Gasteiger charge is 2.43. The van der Waals surface area contributed by atoms with Crippen LogP contribution in [-0.2, 0) is 4.79 Å². The summed E-state index contributed by atoms with van der Waals surface area (Å²) >= 11 is 0. The Kier molecular flexibility index (Phi) is 3.60. The van der Waals surface area contributed by atoms with Gasteiger partial charge in [0.25, 0.3) is 0 Å². The van der Waals surface area contributed by atoms with Crippen LogP contribution in [0.3, 0.4) is 0 Å². The number of aromatic nitrogens is 3. The third-order valence-corrected chi connectivity index (χ3v) is 5.26. The van der Waals surface area contributed by atoms with Crippen LogP contribution in [0.25, 0.3) is 0 Å². The van der Waals surface area contributed by atoms with Crippen LogP contribution >= 0.6 is 0 Å². The predicted octanol–water partition coefficient (Wildman–Crippen LogP) is 3.15. The number of nitrogens with one attached hydrogen (secondary N) is 1. The number of hydrogen-bond donors (Lipinski definition) is 1. The Hall–Kier alpha value is -3.35. The van der Waals surface area contributed by atoms with Gasteiger partial charge in [-0.1, -0.05) is 18.2 Å². The van der Waals surface area contributed by atoms with Crippen molar-refractivity contribution >= 4 is 11.7 Å². The van der Waals surface area contributed by atoms with Crippen molar-refractivity contribution in [2.75, 3.05) is 12.4 Å². The van der Waals surface area contributed by atoms with Gasteiger partial charge in [-0.2, -0.15) is 10.1 Å².